The summed E-state index contributed by atoms with van der Waals surface area (Å²) in [6.07, 6.45) is 1.55. The van der Waals surface area contributed by atoms with E-state index in [0.29, 0.717) is 23.9 Å². The van der Waals surface area contributed by atoms with Crippen molar-refractivity contribution in [3.8, 4) is 17.2 Å². The van der Waals surface area contributed by atoms with Crippen LogP contribution in [0.3, 0.4) is 0 Å². The lowest BCUT2D eigenvalue weighted by Crippen LogP contribution is -2.24. The highest BCUT2D eigenvalue weighted by Gasteiger charge is 2.08. The van der Waals surface area contributed by atoms with Gasteiger partial charge in [-0.1, -0.05) is 36.4 Å². The van der Waals surface area contributed by atoms with Crippen LogP contribution >= 0.6 is 0 Å². The van der Waals surface area contributed by atoms with Gasteiger partial charge in [-0.05, 0) is 72.9 Å². The van der Waals surface area contributed by atoms with Gasteiger partial charge in [-0.3, -0.25) is 4.79 Å². The van der Waals surface area contributed by atoms with Gasteiger partial charge in [0.15, 0.2) is 18.1 Å². The summed E-state index contributed by atoms with van der Waals surface area (Å²) in [6.45, 7) is 6.35. The number of nitrogens with zero attached hydrogens (tertiary/aromatic N) is 1. The summed E-state index contributed by atoms with van der Waals surface area (Å²) in [5, 5.41) is 4.00. The van der Waals surface area contributed by atoms with Gasteiger partial charge in [0, 0.05) is 0 Å². The molecule has 0 fully saturated rings. The average molecular weight is 433 g/mol. The van der Waals surface area contributed by atoms with Crippen molar-refractivity contribution in [2.45, 2.75) is 27.4 Å². The standard InChI is InChI=1S/C26H28N2O4/c1-18-9-7-11-23(20(18)3)32-17-26(29)28-27-15-21-12-13-24(25(14-21)30-4)31-16-22-10-6-5-8-19(22)2/h5-15H,16-17H2,1-4H3,(H,28,29)/b27-15+. The quantitative estimate of drug-likeness (QED) is 0.392. The summed E-state index contributed by atoms with van der Waals surface area (Å²) >= 11 is 0. The van der Waals surface area contributed by atoms with Crippen LogP contribution in [0.1, 0.15) is 27.8 Å². The number of rotatable bonds is 9. The van der Waals surface area contributed by atoms with E-state index in [9.17, 15) is 4.79 Å². The molecule has 0 aromatic heterocycles. The second-order valence-electron chi connectivity index (χ2n) is 7.41. The maximum atomic E-state index is 12.0. The predicted molar refractivity (Wildman–Crippen MR) is 126 cm³/mol. The maximum Gasteiger partial charge on any atom is 0.277 e. The molecule has 0 radical (unpaired) electrons. The number of amides is 1. The van der Waals surface area contributed by atoms with E-state index in [2.05, 4.69) is 23.5 Å². The third-order valence-corrected chi connectivity index (χ3v) is 5.15. The van der Waals surface area contributed by atoms with Gasteiger partial charge in [0.25, 0.3) is 5.91 Å². The number of hydrogen-bond acceptors (Lipinski definition) is 5. The molecular weight excluding hydrogens is 404 g/mol. The van der Waals surface area contributed by atoms with Crippen molar-refractivity contribution < 1.29 is 19.0 Å². The van der Waals surface area contributed by atoms with Gasteiger partial charge in [-0.2, -0.15) is 5.10 Å². The molecule has 3 aromatic rings. The highest BCUT2D eigenvalue weighted by molar-refractivity contribution is 5.83. The van der Waals surface area contributed by atoms with E-state index < -0.39 is 0 Å². The summed E-state index contributed by atoms with van der Waals surface area (Å²) < 4.78 is 17.0. The minimum absolute atomic E-state index is 0.114. The van der Waals surface area contributed by atoms with Crippen LogP contribution in [0.5, 0.6) is 17.2 Å². The molecule has 32 heavy (non-hydrogen) atoms. The fraction of sp³-hybridized carbons (Fsp3) is 0.231. The average Bonchev–Trinajstić information content (AvgIpc) is 2.80. The van der Waals surface area contributed by atoms with E-state index in [1.807, 2.05) is 62.4 Å². The third-order valence-electron chi connectivity index (χ3n) is 5.15. The molecule has 0 heterocycles. The highest BCUT2D eigenvalue weighted by atomic mass is 16.5. The Labute approximate surface area is 188 Å². The molecule has 6 heteroatoms. The molecule has 0 aliphatic rings. The molecular formula is C26H28N2O4. The minimum Gasteiger partial charge on any atom is -0.493 e. The van der Waals surface area contributed by atoms with Crippen LogP contribution in [0, 0.1) is 20.8 Å². The first-order valence-electron chi connectivity index (χ1n) is 10.3. The first-order valence-corrected chi connectivity index (χ1v) is 10.3. The van der Waals surface area contributed by atoms with Crippen LogP contribution in [-0.2, 0) is 11.4 Å². The Kier molecular flexibility index (Phi) is 7.86. The molecule has 0 bridgehead atoms. The fourth-order valence-corrected chi connectivity index (χ4v) is 3.05. The van der Waals surface area contributed by atoms with Gasteiger partial charge in [0.2, 0.25) is 0 Å². The summed E-state index contributed by atoms with van der Waals surface area (Å²) in [6, 6.07) is 19.3. The van der Waals surface area contributed by atoms with Crippen LogP contribution < -0.4 is 19.6 Å². The summed E-state index contributed by atoms with van der Waals surface area (Å²) in [4.78, 5) is 12.0. The Morgan fingerprint density at radius 2 is 1.69 bits per heavy atom. The van der Waals surface area contributed by atoms with Crippen LogP contribution in [0.15, 0.2) is 65.8 Å². The summed E-state index contributed by atoms with van der Waals surface area (Å²) in [5.74, 6) is 1.58. The molecule has 1 amide bonds. The lowest BCUT2D eigenvalue weighted by Gasteiger charge is -2.12. The zero-order valence-electron chi connectivity index (χ0n) is 18.8. The second kappa shape index (κ2) is 11.0. The van der Waals surface area contributed by atoms with Crippen molar-refractivity contribution in [2.24, 2.45) is 5.10 Å². The lowest BCUT2D eigenvalue weighted by atomic mass is 10.1. The Morgan fingerprint density at radius 1 is 0.906 bits per heavy atom. The first kappa shape index (κ1) is 22.9. The van der Waals surface area contributed by atoms with Gasteiger partial charge < -0.3 is 14.2 Å². The molecule has 1 N–H and O–H groups in total. The van der Waals surface area contributed by atoms with Crippen molar-refractivity contribution in [1.82, 2.24) is 5.43 Å². The number of aryl methyl sites for hydroxylation is 2. The zero-order valence-corrected chi connectivity index (χ0v) is 18.8. The lowest BCUT2D eigenvalue weighted by molar-refractivity contribution is -0.123. The van der Waals surface area contributed by atoms with Crippen LogP contribution in [0.25, 0.3) is 0 Å². The number of methoxy groups -OCH3 is 1. The fourth-order valence-electron chi connectivity index (χ4n) is 3.05. The number of ether oxygens (including phenoxy) is 3. The monoisotopic (exact) mass is 432 g/mol. The predicted octanol–water partition coefficient (Wildman–Crippen LogP) is 4.73. The number of benzene rings is 3. The largest absolute Gasteiger partial charge is 0.493 e. The number of carbonyl (C=O) groups is 1. The molecule has 0 aliphatic heterocycles. The van der Waals surface area contributed by atoms with Gasteiger partial charge >= 0.3 is 0 Å². The van der Waals surface area contributed by atoms with Crippen molar-refractivity contribution >= 4 is 12.1 Å². The van der Waals surface area contributed by atoms with Gasteiger partial charge in [-0.25, -0.2) is 5.43 Å². The minimum atomic E-state index is -0.340. The van der Waals surface area contributed by atoms with Crippen molar-refractivity contribution in [1.29, 1.82) is 0 Å². The van der Waals surface area contributed by atoms with Crippen LogP contribution in [0.2, 0.25) is 0 Å². The van der Waals surface area contributed by atoms with E-state index >= 15 is 0 Å². The van der Waals surface area contributed by atoms with Crippen LogP contribution in [0.4, 0.5) is 0 Å². The number of nitrogens with one attached hydrogen (secondary N) is 1. The smallest absolute Gasteiger partial charge is 0.277 e. The Hall–Kier alpha value is -3.80. The van der Waals surface area contributed by atoms with Gasteiger partial charge in [0.1, 0.15) is 12.4 Å². The molecule has 166 valence electrons. The molecule has 0 unspecified atom stereocenters. The van der Waals surface area contributed by atoms with E-state index in [1.54, 1.807) is 19.4 Å². The molecule has 0 saturated heterocycles. The number of carbonyl (C=O) groups excluding carboxylic acids is 1. The maximum absolute atomic E-state index is 12.0. The van der Waals surface area contributed by atoms with E-state index in [4.69, 9.17) is 14.2 Å². The molecule has 3 aromatic carbocycles. The third kappa shape index (κ3) is 6.11. The SMILES string of the molecule is COc1cc(/C=N/NC(=O)COc2cccc(C)c2C)ccc1OCc1ccccc1C. The van der Waals surface area contributed by atoms with Crippen molar-refractivity contribution in [2.75, 3.05) is 13.7 Å². The number of hydrazone groups is 1. The van der Waals surface area contributed by atoms with E-state index in [1.165, 1.54) is 5.56 Å². The van der Waals surface area contributed by atoms with Crippen molar-refractivity contribution in [3.63, 3.8) is 0 Å². The molecule has 3 rings (SSSR count). The van der Waals surface area contributed by atoms with Gasteiger partial charge in [0.05, 0.1) is 13.3 Å². The Balaban J connectivity index is 1.54. The van der Waals surface area contributed by atoms with Gasteiger partial charge in [-0.15, -0.1) is 0 Å². The molecule has 0 spiro atoms. The second-order valence-corrected chi connectivity index (χ2v) is 7.41. The summed E-state index contributed by atoms with van der Waals surface area (Å²) in [5.41, 5.74) is 7.66. The normalized spacial score (nSPS) is 10.8. The topological polar surface area (TPSA) is 69.2 Å². The first-order chi connectivity index (χ1) is 15.5. The summed E-state index contributed by atoms with van der Waals surface area (Å²) in [7, 11) is 1.59. The van der Waals surface area contributed by atoms with E-state index in [0.717, 1.165) is 22.3 Å². The molecule has 0 saturated carbocycles. The molecule has 0 aliphatic carbocycles. The number of hydrogen-bond donors (Lipinski definition) is 1. The highest BCUT2D eigenvalue weighted by Crippen LogP contribution is 2.28. The Morgan fingerprint density at radius 3 is 2.47 bits per heavy atom. The van der Waals surface area contributed by atoms with Crippen LogP contribution in [-0.4, -0.2) is 25.8 Å². The Bertz CT molecular complexity index is 1110. The molecule has 0 atom stereocenters. The van der Waals surface area contributed by atoms with Crippen molar-refractivity contribution in [3.05, 3.63) is 88.5 Å². The zero-order chi connectivity index (χ0) is 22.9. The molecule has 6 nitrogen and oxygen atoms in total. The van der Waals surface area contributed by atoms with E-state index in [-0.39, 0.29) is 12.5 Å².